The minimum absolute atomic E-state index is 0.119. The minimum Gasteiger partial charge on any atom is -0.478 e. The summed E-state index contributed by atoms with van der Waals surface area (Å²) in [5, 5.41) is 12.8. The van der Waals surface area contributed by atoms with Crippen LogP contribution in [0, 0.1) is 0 Å². The molecule has 1 heterocycles. The van der Waals surface area contributed by atoms with Gasteiger partial charge in [-0.2, -0.15) is 11.8 Å². The van der Waals surface area contributed by atoms with Crippen molar-refractivity contribution in [1.29, 1.82) is 0 Å². The van der Waals surface area contributed by atoms with Crippen molar-refractivity contribution < 1.29 is 9.90 Å². The van der Waals surface area contributed by atoms with Gasteiger partial charge in [0.2, 0.25) is 0 Å². The molecular weight excluding hydrogens is 262 g/mol. The zero-order chi connectivity index (χ0) is 13.8. The molecule has 4 N–H and O–H groups in total. The van der Waals surface area contributed by atoms with Crippen molar-refractivity contribution in [3.63, 3.8) is 0 Å². The van der Waals surface area contributed by atoms with Gasteiger partial charge in [0.15, 0.2) is 0 Å². The van der Waals surface area contributed by atoms with E-state index in [0.29, 0.717) is 22.8 Å². The molecule has 1 aliphatic carbocycles. The number of nitrogens with zero attached hydrogens (tertiary/aromatic N) is 1. The molecule has 0 amide bonds. The van der Waals surface area contributed by atoms with Crippen molar-refractivity contribution in [2.45, 2.75) is 37.5 Å². The Hall–Kier alpha value is -1.43. The number of hydrogen-bond donors (Lipinski definition) is 3. The summed E-state index contributed by atoms with van der Waals surface area (Å²) in [6.45, 7) is 2.16. The SMILES string of the molecule is CCSC1CCCC1Nc1ncc(C(=O)O)cc1N. The van der Waals surface area contributed by atoms with Gasteiger partial charge in [0.1, 0.15) is 5.82 Å². The van der Waals surface area contributed by atoms with Crippen LogP contribution >= 0.6 is 11.8 Å². The number of thioether (sulfide) groups is 1. The molecule has 2 unspecified atom stereocenters. The predicted octanol–water partition coefficient (Wildman–Crippen LogP) is 2.45. The number of carboxylic acids is 1. The lowest BCUT2D eigenvalue weighted by atomic mass is 10.2. The molecule has 5 nitrogen and oxygen atoms in total. The Morgan fingerprint density at radius 2 is 2.42 bits per heavy atom. The lowest BCUT2D eigenvalue weighted by Crippen LogP contribution is -2.27. The number of aromatic nitrogens is 1. The van der Waals surface area contributed by atoms with Gasteiger partial charge < -0.3 is 16.2 Å². The van der Waals surface area contributed by atoms with Crippen molar-refractivity contribution in [1.82, 2.24) is 4.98 Å². The normalized spacial score (nSPS) is 22.4. The number of nitrogens with one attached hydrogen (secondary N) is 1. The monoisotopic (exact) mass is 281 g/mol. The zero-order valence-electron chi connectivity index (χ0n) is 10.9. The molecule has 19 heavy (non-hydrogen) atoms. The van der Waals surface area contributed by atoms with Crippen LogP contribution in [0.4, 0.5) is 11.5 Å². The lowest BCUT2D eigenvalue weighted by Gasteiger charge is -2.21. The minimum atomic E-state index is -1.01. The van der Waals surface area contributed by atoms with Crippen LogP contribution in [0.25, 0.3) is 0 Å². The highest BCUT2D eigenvalue weighted by Crippen LogP contribution is 2.32. The van der Waals surface area contributed by atoms with Gasteiger partial charge in [-0.15, -0.1) is 0 Å². The summed E-state index contributed by atoms with van der Waals surface area (Å²) in [4.78, 5) is 15.0. The molecule has 1 saturated carbocycles. The van der Waals surface area contributed by atoms with E-state index in [1.165, 1.54) is 25.1 Å². The second-order valence-electron chi connectivity index (χ2n) is 4.64. The molecule has 0 radical (unpaired) electrons. The first-order chi connectivity index (χ1) is 9.11. The van der Waals surface area contributed by atoms with Gasteiger partial charge in [-0.05, 0) is 24.7 Å². The molecule has 1 fully saturated rings. The Morgan fingerprint density at radius 3 is 3.05 bits per heavy atom. The van der Waals surface area contributed by atoms with Gasteiger partial charge in [0.25, 0.3) is 0 Å². The first-order valence-electron chi connectivity index (χ1n) is 6.48. The molecule has 2 atom stereocenters. The molecule has 1 aromatic heterocycles. The van der Waals surface area contributed by atoms with Crippen LogP contribution in [0.2, 0.25) is 0 Å². The van der Waals surface area contributed by atoms with E-state index in [1.54, 1.807) is 0 Å². The molecule has 0 aliphatic heterocycles. The van der Waals surface area contributed by atoms with E-state index in [9.17, 15) is 4.79 Å². The van der Waals surface area contributed by atoms with Crippen LogP contribution in [0.3, 0.4) is 0 Å². The van der Waals surface area contributed by atoms with E-state index >= 15 is 0 Å². The maximum atomic E-state index is 10.8. The van der Waals surface area contributed by atoms with Gasteiger partial charge in [-0.25, -0.2) is 9.78 Å². The Balaban J connectivity index is 2.08. The Morgan fingerprint density at radius 1 is 1.63 bits per heavy atom. The van der Waals surface area contributed by atoms with E-state index in [2.05, 4.69) is 17.2 Å². The molecule has 104 valence electrons. The number of carbonyl (C=O) groups is 1. The number of carboxylic acid groups (broad SMARTS) is 1. The second-order valence-corrected chi connectivity index (χ2v) is 6.16. The van der Waals surface area contributed by atoms with Crippen molar-refractivity contribution >= 4 is 29.2 Å². The van der Waals surface area contributed by atoms with Crippen LogP contribution in [-0.2, 0) is 0 Å². The van der Waals surface area contributed by atoms with Crippen LogP contribution in [0.1, 0.15) is 36.5 Å². The predicted molar refractivity (Wildman–Crippen MR) is 78.8 cm³/mol. The van der Waals surface area contributed by atoms with Crippen LogP contribution < -0.4 is 11.1 Å². The first kappa shape index (κ1) is 14.0. The summed E-state index contributed by atoms with van der Waals surface area (Å²) >= 11 is 1.95. The molecule has 2 rings (SSSR count). The van der Waals surface area contributed by atoms with Gasteiger partial charge in [0, 0.05) is 17.5 Å². The van der Waals surface area contributed by atoms with Crippen LogP contribution in [-0.4, -0.2) is 33.1 Å². The molecule has 0 saturated heterocycles. The Labute approximate surface area is 117 Å². The number of anilines is 2. The average Bonchev–Trinajstić information content (AvgIpc) is 2.79. The molecule has 0 aromatic carbocycles. The maximum Gasteiger partial charge on any atom is 0.337 e. The fourth-order valence-electron chi connectivity index (χ4n) is 2.40. The number of nitrogen functional groups attached to an aromatic ring is 1. The summed E-state index contributed by atoms with van der Waals surface area (Å²) in [6, 6.07) is 1.82. The lowest BCUT2D eigenvalue weighted by molar-refractivity contribution is 0.0696. The van der Waals surface area contributed by atoms with Crippen molar-refractivity contribution in [2.24, 2.45) is 0 Å². The van der Waals surface area contributed by atoms with E-state index in [0.717, 1.165) is 12.2 Å². The van der Waals surface area contributed by atoms with Gasteiger partial charge in [-0.1, -0.05) is 13.3 Å². The maximum absolute atomic E-state index is 10.8. The van der Waals surface area contributed by atoms with Crippen LogP contribution in [0.5, 0.6) is 0 Å². The van der Waals surface area contributed by atoms with E-state index in [4.69, 9.17) is 10.8 Å². The quantitative estimate of drug-likeness (QED) is 0.768. The van der Waals surface area contributed by atoms with Crippen molar-refractivity contribution in [2.75, 3.05) is 16.8 Å². The summed E-state index contributed by atoms with van der Waals surface area (Å²) in [7, 11) is 0. The molecule has 0 spiro atoms. The Kier molecular flexibility index (Phi) is 4.52. The smallest absolute Gasteiger partial charge is 0.337 e. The number of aromatic carboxylic acids is 1. The van der Waals surface area contributed by atoms with Gasteiger partial charge in [-0.3, -0.25) is 0 Å². The fraction of sp³-hybridized carbons (Fsp3) is 0.538. The fourth-order valence-corrected chi connectivity index (χ4v) is 3.60. The van der Waals surface area contributed by atoms with Gasteiger partial charge in [0.05, 0.1) is 11.3 Å². The highest BCUT2D eigenvalue weighted by Gasteiger charge is 2.27. The topological polar surface area (TPSA) is 88.2 Å². The molecule has 0 bridgehead atoms. The summed E-state index contributed by atoms with van der Waals surface area (Å²) in [5.74, 6) is 0.689. The zero-order valence-corrected chi connectivity index (χ0v) is 11.7. The summed E-state index contributed by atoms with van der Waals surface area (Å²) < 4.78 is 0. The molecule has 1 aliphatic rings. The third kappa shape index (κ3) is 3.32. The molecule has 6 heteroatoms. The second kappa shape index (κ2) is 6.14. The summed E-state index contributed by atoms with van der Waals surface area (Å²) in [6.07, 6.45) is 4.88. The number of nitrogens with two attached hydrogens (primary N) is 1. The average molecular weight is 281 g/mol. The van der Waals surface area contributed by atoms with E-state index < -0.39 is 5.97 Å². The highest BCUT2D eigenvalue weighted by molar-refractivity contribution is 7.99. The third-order valence-corrected chi connectivity index (χ3v) is 4.65. The molecule has 1 aromatic rings. The van der Waals surface area contributed by atoms with Gasteiger partial charge >= 0.3 is 5.97 Å². The van der Waals surface area contributed by atoms with Crippen molar-refractivity contribution in [3.8, 4) is 0 Å². The molecular formula is C13H19N3O2S. The van der Waals surface area contributed by atoms with Crippen LogP contribution in [0.15, 0.2) is 12.3 Å². The number of pyridine rings is 1. The third-order valence-electron chi connectivity index (χ3n) is 3.32. The summed E-state index contributed by atoms with van der Waals surface area (Å²) in [5.41, 5.74) is 6.38. The van der Waals surface area contributed by atoms with Crippen molar-refractivity contribution in [3.05, 3.63) is 17.8 Å². The number of rotatable bonds is 5. The first-order valence-corrected chi connectivity index (χ1v) is 7.53. The number of hydrogen-bond acceptors (Lipinski definition) is 5. The Bertz CT molecular complexity index is 467. The van der Waals surface area contributed by atoms with E-state index in [1.807, 2.05) is 11.8 Å². The standard InChI is InChI=1S/C13H19N3O2S/c1-2-19-11-5-3-4-10(11)16-12-9(14)6-8(7-15-12)13(17)18/h6-7,10-11H,2-5,14H2,1H3,(H,15,16)(H,17,18). The largest absolute Gasteiger partial charge is 0.478 e. The van der Waals surface area contributed by atoms with E-state index in [-0.39, 0.29) is 5.56 Å². The highest BCUT2D eigenvalue weighted by atomic mass is 32.2.